The van der Waals surface area contributed by atoms with Crippen molar-refractivity contribution in [1.29, 1.82) is 0 Å². The van der Waals surface area contributed by atoms with E-state index in [1.807, 2.05) is 0 Å². The van der Waals surface area contributed by atoms with E-state index in [9.17, 15) is 0 Å². The Kier molecular flexibility index (Phi) is 4.18. The molecule has 2 rings (SSSR count). The molecule has 0 aliphatic rings. The summed E-state index contributed by atoms with van der Waals surface area (Å²) in [6.07, 6.45) is 0.991. The van der Waals surface area contributed by atoms with Gasteiger partial charge in [-0.2, -0.15) is 0 Å². The van der Waals surface area contributed by atoms with E-state index >= 15 is 0 Å². The summed E-state index contributed by atoms with van der Waals surface area (Å²) < 4.78 is 1.11. The molecule has 4 heteroatoms. The molecule has 1 aromatic carbocycles. The molecular formula is C13H15BrN2S. The smallest absolute Gasteiger partial charge is 0.183 e. The van der Waals surface area contributed by atoms with Crippen LogP contribution in [0.1, 0.15) is 31.1 Å². The maximum Gasteiger partial charge on any atom is 0.183 e. The van der Waals surface area contributed by atoms with Gasteiger partial charge in [0.05, 0.1) is 11.7 Å². The van der Waals surface area contributed by atoms with Crippen LogP contribution in [0.25, 0.3) is 0 Å². The van der Waals surface area contributed by atoms with Crippen molar-refractivity contribution in [2.75, 3.05) is 5.32 Å². The molecule has 2 nitrogen and oxygen atoms in total. The highest BCUT2D eigenvalue weighted by Crippen LogP contribution is 2.23. The third kappa shape index (κ3) is 3.30. The molecule has 0 bridgehead atoms. The van der Waals surface area contributed by atoms with E-state index < -0.39 is 0 Å². The number of thiazole rings is 1. The normalized spacial score (nSPS) is 12.4. The Bertz CT molecular complexity index is 478. The average molecular weight is 311 g/mol. The predicted molar refractivity (Wildman–Crippen MR) is 77.7 cm³/mol. The van der Waals surface area contributed by atoms with E-state index in [-0.39, 0.29) is 6.04 Å². The first-order valence-corrected chi connectivity index (χ1v) is 7.32. The maximum atomic E-state index is 4.51. The standard InChI is InChI=1S/C13H15BrN2S/c1-3-12-8-17-13(16-12)15-9(2)10-4-6-11(14)7-5-10/h4-9H,3H2,1-2H3,(H,15,16). The predicted octanol–water partition coefficient (Wildman–Crippen LogP) is 4.64. The Balaban J connectivity index is 2.05. The molecule has 1 heterocycles. The van der Waals surface area contributed by atoms with Crippen LogP contribution in [0.5, 0.6) is 0 Å². The van der Waals surface area contributed by atoms with Crippen molar-refractivity contribution in [1.82, 2.24) is 4.98 Å². The number of nitrogens with zero attached hydrogens (tertiary/aromatic N) is 1. The SMILES string of the molecule is CCc1csc(NC(C)c2ccc(Br)cc2)n1. The molecule has 0 radical (unpaired) electrons. The fourth-order valence-corrected chi connectivity index (χ4v) is 2.70. The van der Waals surface area contributed by atoms with Gasteiger partial charge in [0.25, 0.3) is 0 Å². The van der Waals surface area contributed by atoms with Crippen LogP contribution in [0, 0.1) is 0 Å². The molecule has 1 N–H and O–H groups in total. The van der Waals surface area contributed by atoms with Crippen molar-refractivity contribution in [3.05, 3.63) is 45.4 Å². The number of aryl methyl sites for hydroxylation is 1. The number of halogens is 1. The van der Waals surface area contributed by atoms with Gasteiger partial charge in [-0.25, -0.2) is 4.98 Å². The van der Waals surface area contributed by atoms with Gasteiger partial charge < -0.3 is 5.32 Å². The number of benzene rings is 1. The van der Waals surface area contributed by atoms with Crippen molar-refractivity contribution >= 4 is 32.4 Å². The fraction of sp³-hybridized carbons (Fsp3) is 0.308. The fourth-order valence-electron chi connectivity index (χ4n) is 1.56. The van der Waals surface area contributed by atoms with Crippen molar-refractivity contribution < 1.29 is 0 Å². The Morgan fingerprint density at radius 1 is 1.35 bits per heavy atom. The minimum Gasteiger partial charge on any atom is -0.355 e. The second kappa shape index (κ2) is 5.65. The molecular weight excluding hydrogens is 296 g/mol. The van der Waals surface area contributed by atoms with Crippen LogP contribution in [0.2, 0.25) is 0 Å². The van der Waals surface area contributed by atoms with Crippen LogP contribution in [0.3, 0.4) is 0 Å². The molecule has 0 amide bonds. The summed E-state index contributed by atoms with van der Waals surface area (Å²) in [6.45, 7) is 4.27. The second-order valence-electron chi connectivity index (χ2n) is 3.92. The van der Waals surface area contributed by atoms with Crippen LogP contribution < -0.4 is 5.32 Å². The van der Waals surface area contributed by atoms with E-state index in [1.165, 1.54) is 5.56 Å². The second-order valence-corrected chi connectivity index (χ2v) is 5.69. The lowest BCUT2D eigenvalue weighted by Gasteiger charge is -2.13. The van der Waals surface area contributed by atoms with Gasteiger partial charge in [0, 0.05) is 9.85 Å². The van der Waals surface area contributed by atoms with E-state index in [0.29, 0.717) is 0 Å². The minimum absolute atomic E-state index is 0.277. The molecule has 90 valence electrons. The summed E-state index contributed by atoms with van der Waals surface area (Å²) >= 11 is 5.11. The molecule has 17 heavy (non-hydrogen) atoms. The first kappa shape index (κ1) is 12.6. The lowest BCUT2D eigenvalue weighted by atomic mass is 10.1. The molecule has 0 fully saturated rings. The third-order valence-corrected chi connectivity index (χ3v) is 3.97. The molecule has 1 aromatic heterocycles. The van der Waals surface area contributed by atoms with E-state index in [1.54, 1.807) is 11.3 Å². The van der Waals surface area contributed by atoms with Crippen molar-refractivity contribution in [2.24, 2.45) is 0 Å². The van der Waals surface area contributed by atoms with Gasteiger partial charge in [-0.3, -0.25) is 0 Å². The number of hydrogen-bond donors (Lipinski definition) is 1. The van der Waals surface area contributed by atoms with E-state index in [0.717, 1.165) is 21.7 Å². The summed E-state index contributed by atoms with van der Waals surface area (Å²) in [6, 6.07) is 8.64. The Morgan fingerprint density at radius 2 is 2.06 bits per heavy atom. The van der Waals surface area contributed by atoms with Crippen LogP contribution in [0.4, 0.5) is 5.13 Å². The van der Waals surface area contributed by atoms with Gasteiger partial charge in [-0.15, -0.1) is 11.3 Å². The third-order valence-electron chi connectivity index (χ3n) is 2.62. The molecule has 0 saturated heterocycles. The first-order chi connectivity index (χ1) is 8.19. The van der Waals surface area contributed by atoms with Gasteiger partial charge in [0.15, 0.2) is 5.13 Å². The van der Waals surface area contributed by atoms with E-state index in [2.05, 4.69) is 69.7 Å². The minimum atomic E-state index is 0.277. The zero-order chi connectivity index (χ0) is 12.3. The Hall–Kier alpha value is -0.870. The Labute approximate surface area is 114 Å². The van der Waals surface area contributed by atoms with Gasteiger partial charge in [-0.05, 0) is 31.0 Å². The maximum absolute atomic E-state index is 4.51. The topological polar surface area (TPSA) is 24.9 Å². The largest absolute Gasteiger partial charge is 0.355 e. The van der Waals surface area contributed by atoms with Crippen LogP contribution in [-0.4, -0.2) is 4.98 Å². The lowest BCUT2D eigenvalue weighted by molar-refractivity contribution is 0.878. The molecule has 0 spiro atoms. The van der Waals surface area contributed by atoms with Crippen LogP contribution >= 0.6 is 27.3 Å². The monoisotopic (exact) mass is 310 g/mol. The summed E-state index contributed by atoms with van der Waals surface area (Å²) in [7, 11) is 0. The lowest BCUT2D eigenvalue weighted by Crippen LogP contribution is -2.06. The number of nitrogens with one attached hydrogen (secondary N) is 1. The highest BCUT2D eigenvalue weighted by atomic mass is 79.9. The number of aromatic nitrogens is 1. The Morgan fingerprint density at radius 3 is 2.65 bits per heavy atom. The molecule has 1 unspecified atom stereocenters. The van der Waals surface area contributed by atoms with Gasteiger partial charge in [-0.1, -0.05) is 35.0 Å². The molecule has 0 aliphatic heterocycles. The summed E-state index contributed by atoms with van der Waals surface area (Å²) in [5.41, 5.74) is 2.42. The summed E-state index contributed by atoms with van der Waals surface area (Å²) in [4.78, 5) is 4.51. The molecule has 0 saturated carbocycles. The number of anilines is 1. The first-order valence-electron chi connectivity index (χ1n) is 5.65. The zero-order valence-electron chi connectivity index (χ0n) is 9.90. The zero-order valence-corrected chi connectivity index (χ0v) is 12.3. The number of hydrogen-bond acceptors (Lipinski definition) is 3. The van der Waals surface area contributed by atoms with Gasteiger partial charge in [0.2, 0.25) is 0 Å². The van der Waals surface area contributed by atoms with Gasteiger partial charge >= 0.3 is 0 Å². The van der Waals surface area contributed by atoms with Crippen molar-refractivity contribution in [2.45, 2.75) is 26.3 Å². The van der Waals surface area contributed by atoms with Crippen LogP contribution in [0.15, 0.2) is 34.1 Å². The summed E-state index contributed by atoms with van der Waals surface area (Å²) in [5.74, 6) is 0. The summed E-state index contributed by atoms with van der Waals surface area (Å²) in [5, 5.41) is 6.53. The van der Waals surface area contributed by atoms with E-state index in [4.69, 9.17) is 0 Å². The van der Waals surface area contributed by atoms with Crippen molar-refractivity contribution in [3.8, 4) is 0 Å². The highest BCUT2D eigenvalue weighted by molar-refractivity contribution is 9.10. The quantitative estimate of drug-likeness (QED) is 0.889. The molecule has 0 aliphatic carbocycles. The average Bonchev–Trinajstić information content (AvgIpc) is 2.77. The van der Waals surface area contributed by atoms with Gasteiger partial charge in [0.1, 0.15) is 0 Å². The number of rotatable bonds is 4. The van der Waals surface area contributed by atoms with Crippen molar-refractivity contribution in [3.63, 3.8) is 0 Å². The molecule has 1 atom stereocenters. The van der Waals surface area contributed by atoms with Crippen LogP contribution in [-0.2, 0) is 6.42 Å². The highest BCUT2D eigenvalue weighted by Gasteiger charge is 2.07. The molecule has 2 aromatic rings.